The summed E-state index contributed by atoms with van der Waals surface area (Å²) in [5.41, 5.74) is 2.01. The van der Waals surface area contributed by atoms with Gasteiger partial charge in [0.25, 0.3) is 0 Å². The fourth-order valence-corrected chi connectivity index (χ4v) is 2.32. The summed E-state index contributed by atoms with van der Waals surface area (Å²) in [5.74, 6) is 0.932. The van der Waals surface area contributed by atoms with Gasteiger partial charge in [-0.2, -0.15) is 0 Å². The predicted molar refractivity (Wildman–Crippen MR) is 75.7 cm³/mol. The predicted octanol–water partition coefficient (Wildman–Crippen LogP) is 4.11. The standard InChI is InChI=1S/C15H12ClNO2/c16-13-2-1-3-14-15(13)10(8-17-14)9-19-12-6-4-11(18)5-7-12/h1-8,17-18H,9H2. The van der Waals surface area contributed by atoms with E-state index in [1.54, 1.807) is 24.3 Å². The van der Waals surface area contributed by atoms with Crippen LogP contribution in [0, 0.1) is 0 Å². The molecule has 0 bridgehead atoms. The van der Waals surface area contributed by atoms with E-state index >= 15 is 0 Å². The molecular formula is C15H12ClNO2. The number of phenolic OH excluding ortho intramolecular Hbond substituents is 1. The summed E-state index contributed by atoms with van der Waals surface area (Å²) in [6.07, 6.45) is 1.90. The van der Waals surface area contributed by atoms with Crippen LogP contribution in [-0.4, -0.2) is 10.1 Å². The van der Waals surface area contributed by atoms with Gasteiger partial charge in [0.2, 0.25) is 0 Å². The fourth-order valence-electron chi connectivity index (χ4n) is 2.03. The monoisotopic (exact) mass is 273 g/mol. The molecule has 0 aliphatic carbocycles. The van der Waals surface area contributed by atoms with E-state index in [9.17, 15) is 5.11 Å². The topological polar surface area (TPSA) is 45.2 Å². The van der Waals surface area contributed by atoms with Gasteiger partial charge in [0.15, 0.2) is 0 Å². The zero-order chi connectivity index (χ0) is 13.2. The molecule has 0 saturated carbocycles. The van der Waals surface area contributed by atoms with Crippen molar-refractivity contribution in [2.24, 2.45) is 0 Å². The van der Waals surface area contributed by atoms with Crippen molar-refractivity contribution in [1.82, 2.24) is 4.98 Å². The van der Waals surface area contributed by atoms with Crippen molar-refractivity contribution in [2.45, 2.75) is 6.61 Å². The number of hydrogen-bond acceptors (Lipinski definition) is 2. The van der Waals surface area contributed by atoms with Crippen LogP contribution in [0.25, 0.3) is 10.9 Å². The molecule has 0 aliphatic heterocycles. The molecule has 0 aliphatic rings. The minimum atomic E-state index is 0.225. The van der Waals surface area contributed by atoms with Crippen LogP contribution in [-0.2, 0) is 6.61 Å². The highest BCUT2D eigenvalue weighted by atomic mass is 35.5. The first-order valence-electron chi connectivity index (χ1n) is 5.90. The molecule has 19 heavy (non-hydrogen) atoms. The smallest absolute Gasteiger partial charge is 0.120 e. The fraction of sp³-hybridized carbons (Fsp3) is 0.0667. The number of halogens is 1. The van der Waals surface area contributed by atoms with Crippen molar-refractivity contribution < 1.29 is 9.84 Å². The summed E-state index contributed by atoms with van der Waals surface area (Å²) in [6, 6.07) is 12.4. The quantitative estimate of drug-likeness (QED) is 0.754. The number of hydrogen-bond donors (Lipinski definition) is 2. The third-order valence-electron chi connectivity index (χ3n) is 2.97. The van der Waals surface area contributed by atoms with Gasteiger partial charge in [0.1, 0.15) is 18.1 Å². The van der Waals surface area contributed by atoms with Crippen LogP contribution >= 0.6 is 11.6 Å². The van der Waals surface area contributed by atoms with Gasteiger partial charge in [0, 0.05) is 22.7 Å². The second kappa shape index (κ2) is 4.86. The summed E-state index contributed by atoms with van der Waals surface area (Å²) in [5, 5.41) is 10.9. The molecule has 1 heterocycles. The van der Waals surface area contributed by atoms with E-state index in [1.165, 1.54) is 0 Å². The highest BCUT2D eigenvalue weighted by Crippen LogP contribution is 2.27. The molecule has 3 aromatic rings. The second-order valence-corrected chi connectivity index (χ2v) is 4.67. The van der Waals surface area contributed by atoms with Crippen molar-refractivity contribution in [3.63, 3.8) is 0 Å². The maximum Gasteiger partial charge on any atom is 0.120 e. The molecule has 1 aromatic heterocycles. The lowest BCUT2D eigenvalue weighted by Crippen LogP contribution is -1.94. The van der Waals surface area contributed by atoms with Crippen molar-refractivity contribution in [3.8, 4) is 11.5 Å². The Bertz CT molecular complexity index is 704. The summed E-state index contributed by atoms with van der Waals surface area (Å²) < 4.78 is 5.68. The van der Waals surface area contributed by atoms with Crippen LogP contribution in [0.1, 0.15) is 5.56 Å². The van der Waals surface area contributed by atoms with E-state index in [2.05, 4.69) is 4.98 Å². The minimum absolute atomic E-state index is 0.225. The lowest BCUT2D eigenvalue weighted by molar-refractivity contribution is 0.307. The lowest BCUT2D eigenvalue weighted by atomic mass is 10.2. The van der Waals surface area contributed by atoms with Gasteiger partial charge < -0.3 is 14.8 Å². The Morgan fingerprint density at radius 2 is 1.89 bits per heavy atom. The number of rotatable bonds is 3. The number of phenols is 1. The van der Waals surface area contributed by atoms with Crippen molar-refractivity contribution in [2.75, 3.05) is 0 Å². The van der Waals surface area contributed by atoms with Crippen molar-refractivity contribution >= 4 is 22.5 Å². The third kappa shape index (κ3) is 2.37. The summed E-state index contributed by atoms with van der Waals surface area (Å²) in [6.45, 7) is 0.425. The normalized spacial score (nSPS) is 10.8. The number of nitrogens with one attached hydrogen (secondary N) is 1. The molecule has 3 nitrogen and oxygen atoms in total. The van der Waals surface area contributed by atoms with Crippen LogP contribution in [0.5, 0.6) is 11.5 Å². The minimum Gasteiger partial charge on any atom is -0.508 e. The van der Waals surface area contributed by atoms with Gasteiger partial charge in [0.05, 0.1) is 5.02 Å². The Labute approximate surface area is 115 Å². The van der Waals surface area contributed by atoms with Crippen LogP contribution in [0.3, 0.4) is 0 Å². The number of aromatic nitrogens is 1. The first-order chi connectivity index (χ1) is 9.24. The molecular weight excluding hydrogens is 262 g/mol. The van der Waals surface area contributed by atoms with E-state index in [4.69, 9.17) is 16.3 Å². The summed E-state index contributed by atoms with van der Waals surface area (Å²) >= 11 is 6.20. The Morgan fingerprint density at radius 3 is 2.68 bits per heavy atom. The summed E-state index contributed by atoms with van der Waals surface area (Å²) in [7, 11) is 0. The average Bonchev–Trinajstić information content (AvgIpc) is 2.83. The van der Waals surface area contributed by atoms with Crippen LogP contribution in [0.15, 0.2) is 48.7 Å². The molecule has 0 saturated heterocycles. The lowest BCUT2D eigenvalue weighted by Gasteiger charge is -2.06. The zero-order valence-corrected chi connectivity index (χ0v) is 10.8. The maximum atomic E-state index is 9.21. The molecule has 0 unspecified atom stereocenters. The van der Waals surface area contributed by atoms with E-state index < -0.39 is 0 Å². The Morgan fingerprint density at radius 1 is 1.11 bits per heavy atom. The van der Waals surface area contributed by atoms with Gasteiger partial charge in [-0.3, -0.25) is 0 Å². The number of fused-ring (bicyclic) bond motifs is 1. The molecule has 0 fully saturated rings. The molecule has 4 heteroatoms. The summed E-state index contributed by atoms with van der Waals surface area (Å²) in [4.78, 5) is 3.17. The zero-order valence-electron chi connectivity index (χ0n) is 10.1. The number of ether oxygens (including phenoxy) is 1. The Kier molecular flexibility index (Phi) is 3.05. The number of aromatic amines is 1. The Hall–Kier alpha value is -2.13. The van der Waals surface area contributed by atoms with Gasteiger partial charge in [-0.15, -0.1) is 0 Å². The number of H-pyrrole nitrogens is 1. The van der Waals surface area contributed by atoms with E-state index in [0.717, 1.165) is 16.5 Å². The maximum absolute atomic E-state index is 9.21. The van der Waals surface area contributed by atoms with Crippen molar-refractivity contribution in [3.05, 3.63) is 59.2 Å². The molecule has 3 rings (SSSR count). The van der Waals surface area contributed by atoms with Gasteiger partial charge in [-0.05, 0) is 36.4 Å². The van der Waals surface area contributed by atoms with E-state index in [1.807, 2.05) is 24.4 Å². The van der Waals surface area contributed by atoms with Gasteiger partial charge >= 0.3 is 0 Å². The molecule has 0 atom stereocenters. The van der Waals surface area contributed by atoms with Crippen LogP contribution < -0.4 is 4.74 Å². The second-order valence-electron chi connectivity index (χ2n) is 4.26. The van der Waals surface area contributed by atoms with E-state index in [0.29, 0.717) is 17.4 Å². The average molecular weight is 274 g/mol. The largest absolute Gasteiger partial charge is 0.508 e. The molecule has 2 N–H and O–H groups in total. The highest BCUT2D eigenvalue weighted by Gasteiger charge is 2.07. The third-order valence-corrected chi connectivity index (χ3v) is 3.28. The number of aromatic hydroxyl groups is 1. The van der Waals surface area contributed by atoms with Gasteiger partial charge in [-0.1, -0.05) is 17.7 Å². The Balaban J connectivity index is 1.84. The highest BCUT2D eigenvalue weighted by molar-refractivity contribution is 6.35. The molecule has 2 aromatic carbocycles. The van der Waals surface area contributed by atoms with Crippen LogP contribution in [0.4, 0.5) is 0 Å². The van der Waals surface area contributed by atoms with Crippen LogP contribution in [0.2, 0.25) is 5.02 Å². The SMILES string of the molecule is Oc1ccc(OCc2c[nH]c3cccc(Cl)c23)cc1. The molecule has 0 amide bonds. The number of benzene rings is 2. The van der Waals surface area contributed by atoms with Crippen molar-refractivity contribution in [1.29, 1.82) is 0 Å². The van der Waals surface area contributed by atoms with Gasteiger partial charge in [-0.25, -0.2) is 0 Å². The van der Waals surface area contributed by atoms with E-state index in [-0.39, 0.29) is 5.75 Å². The molecule has 0 spiro atoms. The first kappa shape index (κ1) is 11.9. The molecule has 0 radical (unpaired) electrons. The first-order valence-corrected chi connectivity index (χ1v) is 6.28. The molecule has 96 valence electrons.